The van der Waals surface area contributed by atoms with Gasteiger partial charge in [0.05, 0.1) is 19.3 Å². The van der Waals surface area contributed by atoms with Gasteiger partial charge in [0.25, 0.3) is 0 Å². The SMILES string of the molecule is C=CCCOC(C)C(=O)NCCc1ccc(C(=O)O)cc1OC. The Hall–Kier alpha value is -2.34. The van der Waals surface area contributed by atoms with E-state index >= 15 is 0 Å². The minimum atomic E-state index is -1.01. The summed E-state index contributed by atoms with van der Waals surface area (Å²) < 4.78 is 10.6. The second-order valence-corrected chi connectivity index (χ2v) is 4.96. The summed E-state index contributed by atoms with van der Waals surface area (Å²) in [6.07, 6.45) is 2.45. The lowest BCUT2D eigenvalue weighted by atomic mass is 10.1. The van der Waals surface area contributed by atoms with Crippen molar-refractivity contribution in [2.75, 3.05) is 20.3 Å². The van der Waals surface area contributed by atoms with Gasteiger partial charge in [0.1, 0.15) is 11.9 Å². The van der Waals surface area contributed by atoms with Crippen LogP contribution in [0.1, 0.15) is 29.3 Å². The van der Waals surface area contributed by atoms with Crippen molar-refractivity contribution in [1.29, 1.82) is 0 Å². The van der Waals surface area contributed by atoms with Gasteiger partial charge in [-0.15, -0.1) is 6.58 Å². The molecule has 0 aliphatic heterocycles. The first-order valence-corrected chi connectivity index (χ1v) is 7.40. The maximum atomic E-state index is 11.9. The molecule has 0 aliphatic carbocycles. The lowest BCUT2D eigenvalue weighted by Gasteiger charge is -2.14. The van der Waals surface area contributed by atoms with E-state index in [0.717, 1.165) is 5.56 Å². The van der Waals surface area contributed by atoms with E-state index in [1.54, 1.807) is 19.1 Å². The first-order chi connectivity index (χ1) is 11.0. The van der Waals surface area contributed by atoms with Gasteiger partial charge < -0.3 is 19.9 Å². The van der Waals surface area contributed by atoms with E-state index in [0.29, 0.717) is 31.7 Å². The van der Waals surface area contributed by atoms with Crippen LogP contribution < -0.4 is 10.1 Å². The van der Waals surface area contributed by atoms with Crippen LogP contribution in [0.2, 0.25) is 0 Å². The molecule has 1 amide bonds. The van der Waals surface area contributed by atoms with E-state index < -0.39 is 12.1 Å². The monoisotopic (exact) mass is 321 g/mol. The molecule has 1 aromatic carbocycles. The number of amides is 1. The zero-order valence-electron chi connectivity index (χ0n) is 13.5. The van der Waals surface area contributed by atoms with Gasteiger partial charge >= 0.3 is 5.97 Å². The zero-order chi connectivity index (χ0) is 17.2. The van der Waals surface area contributed by atoms with Crippen LogP contribution in [0.4, 0.5) is 0 Å². The average Bonchev–Trinajstić information content (AvgIpc) is 2.54. The normalized spacial score (nSPS) is 11.6. The Kier molecular flexibility index (Phi) is 7.83. The van der Waals surface area contributed by atoms with Crippen molar-refractivity contribution >= 4 is 11.9 Å². The minimum absolute atomic E-state index is 0.166. The number of methoxy groups -OCH3 is 1. The summed E-state index contributed by atoms with van der Waals surface area (Å²) in [6, 6.07) is 4.68. The Morgan fingerprint density at radius 3 is 2.78 bits per heavy atom. The molecule has 1 atom stereocenters. The fourth-order valence-electron chi connectivity index (χ4n) is 1.95. The Labute approximate surface area is 136 Å². The molecule has 1 unspecified atom stereocenters. The topological polar surface area (TPSA) is 84.9 Å². The third-order valence-electron chi connectivity index (χ3n) is 3.29. The minimum Gasteiger partial charge on any atom is -0.496 e. The van der Waals surface area contributed by atoms with Crippen molar-refractivity contribution in [2.45, 2.75) is 25.9 Å². The predicted molar refractivity (Wildman–Crippen MR) is 86.9 cm³/mol. The molecule has 6 nitrogen and oxygen atoms in total. The molecule has 0 spiro atoms. The highest BCUT2D eigenvalue weighted by Gasteiger charge is 2.13. The number of carboxylic acid groups (broad SMARTS) is 1. The van der Waals surface area contributed by atoms with Crippen LogP contribution in [0, 0.1) is 0 Å². The smallest absolute Gasteiger partial charge is 0.335 e. The molecule has 0 bridgehead atoms. The number of carbonyl (C=O) groups is 2. The van der Waals surface area contributed by atoms with E-state index in [2.05, 4.69) is 11.9 Å². The summed E-state index contributed by atoms with van der Waals surface area (Å²) in [6.45, 7) is 6.16. The average molecular weight is 321 g/mol. The number of rotatable bonds is 10. The van der Waals surface area contributed by atoms with E-state index in [-0.39, 0.29) is 11.5 Å². The summed E-state index contributed by atoms with van der Waals surface area (Å²) in [5.41, 5.74) is 0.997. The fraction of sp³-hybridized carbons (Fsp3) is 0.412. The molecule has 126 valence electrons. The third-order valence-corrected chi connectivity index (χ3v) is 3.29. The van der Waals surface area contributed by atoms with Crippen LogP contribution in [0.15, 0.2) is 30.9 Å². The van der Waals surface area contributed by atoms with Gasteiger partial charge in [-0.1, -0.05) is 12.1 Å². The molecule has 0 aliphatic rings. The van der Waals surface area contributed by atoms with Gasteiger partial charge in [0, 0.05) is 6.54 Å². The van der Waals surface area contributed by atoms with E-state index in [9.17, 15) is 9.59 Å². The van der Waals surface area contributed by atoms with Crippen LogP contribution in [0.5, 0.6) is 5.75 Å². The fourth-order valence-corrected chi connectivity index (χ4v) is 1.95. The molecule has 0 saturated heterocycles. The van der Waals surface area contributed by atoms with Crippen molar-refractivity contribution in [3.8, 4) is 5.75 Å². The van der Waals surface area contributed by atoms with Crippen LogP contribution in [0.25, 0.3) is 0 Å². The molecule has 6 heteroatoms. The molecule has 1 aromatic rings. The van der Waals surface area contributed by atoms with Crippen molar-refractivity contribution < 1.29 is 24.2 Å². The van der Waals surface area contributed by atoms with Gasteiger partial charge in [0.2, 0.25) is 5.91 Å². The summed E-state index contributed by atoms with van der Waals surface area (Å²) >= 11 is 0. The van der Waals surface area contributed by atoms with Gasteiger partial charge in [-0.3, -0.25) is 4.79 Å². The maximum Gasteiger partial charge on any atom is 0.335 e. The summed E-state index contributed by atoms with van der Waals surface area (Å²) in [5.74, 6) is -0.696. The van der Waals surface area contributed by atoms with Gasteiger partial charge in [0.15, 0.2) is 0 Å². The standard InChI is InChI=1S/C17H23NO5/c1-4-5-10-23-12(2)16(19)18-9-8-13-6-7-14(17(20)21)11-15(13)22-3/h4,6-7,11-12H,1,5,8-10H2,2-3H3,(H,18,19)(H,20,21). The predicted octanol–water partition coefficient (Wildman–Crippen LogP) is 2.03. The molecule has 2 N–H and O–H groups in total. The van der Waals surface area contributed by atoms with Crippen LogP contribution in [-0.2, 0) is 16.0 Å². The summed E-state index contributed by atoms with van der Waals surface area (Å²) in [5, 5.41) is 11.7. The molecule has 0 radical (unpaired) electrons. The quantitative estimate of drug-likeness (QED) is 0.509. The van der Waals surface area contributed by atoms with E-state index in [1.165, 1.54) is 19.2 Å². The molecule has 23 heavy (non-hydrogen) atoms. The van der Waals surface area contributed by atoms with Gasteiger partial charge in [-0.2, -0.15) is 0 Å². The molecular weight excluding hydrogens is 298 g/mol. The van der Waals surface area contributed by atoms with E-state index in [4.69, 9.17) is 14.6 Å². The van der Waals surface area contributed by atoms with Crippen molar-refractivity contribution in [3.05, 3.63) is 42.0 Å². The van der Waals surface area contributed by atoms with Gasteiger partial charge in [-0.25, -0.2) is 4.79 Å². The number of carboxylic acids is 1. The molecule has 0 fully saturated rings. The lowest BCUT2D eigenvalue weighted by molar-refractivity contribution is -0.131. The first-order valence-electron chi connectivity index (χ1n) is 7.40. The molecular formula is C17H23NO5. The summed E-state index contributed by atoms with van der Waals surface area (Å²) in [7, 11) is 1.48. The van der Waals surface area contributed by atoms with Gasteiger partial charge in [-0.05, 0) is 37.5 Å². The molecule has 0 aromatic heterocycles. The zero-order valence-corrected chi connectivity index (χ0v) is 13.5. The highest BCUT2D eigenvalue weighted by molar-refractivity contribution is 5.88. The summed E-state index contributed by atoms with van der Waals surface area (Å²) in [4.78, 5) is 22.8. The number of carbonyl (C=O) groups excluding carboxylic acids is 1. The highest BCUT2D eigenvalue weighted by Crippen LogP contribution is 2.20. The number of hydrogen-bond donors (Lipinski definition) is 2. The van der Waals surface area contributed by atoms with Crippen molar-refractivity contribution in [3.63, 3.8) is 0 Å². The lowest BCUT2D eigenvalue weighted by Crippen LogP contribution is -2.35. The Morgan fingerprint density at radius 1 is 1.43 bits per heavy atom. The molecule has 0 saturated carbocycles. The Balaban J connectivity index is 2.50. The Morgan fingerprint density at radius 2 is 2.17 bits per heavy atom. The van der Waals surface area contributed by atoms with E-state index in [1.807, 2.05) is 0 Å². The second-order valence-electron chi connectivity index (χ2n) is 4.96. The number of aromatic carboxylic acids is 1. The van der Waals surface area contributed by atoms with Crippen LogP contribution >= 0.6 is 0 Å². The highest BCUT2D eigenvalue weighted by atomic mass is 16.5. The Bertz CT molecular complexity index is 556. The van der Waals surface area contributed by atoms with Crippen molar-refractivity contribution in [2.24, 2.45) is 0 Å². The second kappa shape index (κ2) is 9.63. The molecule has 1 rings (SSSR count). The number of hydrogen-bond acceptors (Lipinski definition) is 4. The molecule has 0 heterocycles. The van der Waals surface area contributed by atoms with Crippen LogP contribution in [0.3, 0.4) is 0 Å². The maximum absolute atomic E-state index is 11.9. The van der Waals surface area contributed by atoms with Crippen LogP contribution in [-0.4, -0.2) is 43.3 Å². The number of ether oxygens (including phenoxy) is 2. The number of nitrogens with one attached hydrogen (secondary N) is 1. The number of benzene rings is 1. The third kappa shape index (κ3) is 6.12. The first kappa shape index (κ1) is 18.7. The largest absolute Gasteiger partial charge is 0.496 e. The van der Waals surface area contributed by atoms with Crippen molar-refractivity contribution in [1.82, 2.24) is 5.32 Å².